The standard InChI is InChI=1S/C21H28N6O3/c1-13(28)14-6-8-15(9-7-14)24-18-17(27(29)30)19(23-12-22-18)25-16-10-20(2,3)26-21(4,5)11-16/h6-9,12,16,26H,10-11H2,1-5H3,(H2,22,23,24,25). The fourth-order valence-electron chi connectivity index (χ4n) is 4.29. The van der Waals surface area contributed by atoms with Crippen LogP contribution in [0.4, 0.5) is 23.0 Å². The van der Waals surface area contributed by atoms with Crippen molar-refractivity contribution in [3.63, 3.8) is 0 Å². The molecule has 1 aliphatic heterocycles. The minimum atomic E-state index is -0.480. The maximum Gasteiger partial charge on any atom is 0.353 e. The summed E-state index contributed by atoms with van der Waals surface area (Å²) < 4.78 is 0. The number of carbonyl (C=O) groups excluding carboxylic acids is 1. The molecule has 3 rings (SSSR count). The van der Waals surface area contributed by atoms with Gasteiger partial charge in [-0.05, 0) is 71.7 Å². The van der Waals surface area contributed by atoms with E-state index in [-0.39, 0.29) is 40.2 Å². The van der Waals surface area contributed by atoms with E-state index in [2.05, 4.69) is 53.6 Å². The molecule has 1 saturated heterocycles. The second kappa shape index (κ2) is 7.98. The Hall–Kier alpha value is -3.07. The molecule has 2 aromatic rings. The molecule has 1 aromatic heterocycles. The van der Waals surface area contributed by atoms with E-state index in [1.807, 2.05) is 0 Å². The Kier molecular flexibility index (Phi) is 5.76. The van der Waals surface area contributed by atoms with E-state index in [1.54, 1.807) is 24.3 Å². The van der Waals surface area contributed by atoms with Crippen LogP contribution < -0.4 is 16.0 Å². The first-order valence-corrected chi connectivity index (χ1v) is 9.89. The SMILES string of the molecule is CC(=O)c1ccc(Nc2ncnc(NC3CC(C)(C)NC(C)(C)C3)c2[N+](=O)[O-])cc1. The predicted octanol–water partition coefficient (Wildman–Crippen LogP) is 4.05. The van der Waals surface area contributed by atoms with Crippen LogP contribution in [-0.2, 0) is 0 Å². The highest BCUT2D eigenvalue weighted by molar-refractivity contribution is 5.94. The number of nitro groups is 1. The predicted molar refractivity (Wildman–Crippen MR) is 116 cm³/mol. The number of hydrogen-bond donors (Lipinski definition) is 3. The maximum absolute atomic E-state index is 11.9. The number of anilines is 3. The van der Waals surface area contributed by atoms with Crippen molar-refractivity contribution in [3.8, 4) is 0 Å². The van der Waals surface area contributed by atoms with Crippen LogP contribution in [0.5, 0.6) is 0 Å². The molecule has 0 bridgehead atoms. The van der Waals surface area contributed by atoms with Gasteiger partial charge in [-0.3, -0.25) is 14.9 Å². The number of piperidine rings is 1. The Morgan fingerprint density at radius 2 is 1.67 bits per heavy atom. The Morgan fingerprint density at radius 3 is 2.20 bits per heavy atom. The molecule has 0 unspecified atom stereocenters. The van der Waals surface area contributed by atoms with Gasteiger partial charge in [0.25, 0.3) is 0 Å². The maximum atomic E-state index is 11.9. The van der Waals surface area contributed by atoms with Crippen molar-refractivity contribution in [1.82, 2.24) is 15.3 Å². The summed E-state index contributed by atoms with van der Waals surface area (Å²) in [5.74, 6) is 0.241. The lowest BCUT2D eigenvalue weighted by Gasteiger charge is -2.46. The highest BCUT2D eigenvalue weighted by Gasteiger charge is 2.38. The number of nitrogens with zero attached hydrogens (tertiary/aromatic N) is 3. The first-order valence-electron chi connectivity index (χ1n) is 9.89. The van der Waals surface area contributed by atoms with Crippen molar-refractivity contribution in [2.24, 2.45) is 0 Å². The van der Waals surface area contributed by atoms with Crippen LogP contribution in [0.15, 0.2) is 30.6 Å². The van der Waals surface area contributed by atoms with Crippen LogP contribution in [0, 0.1) is 10.1 Å². The number of Topliss-reactive ketones (excluding diaryl/α,β-unsaturated/α-hetero) is 1. The van der Waals surface area contributed by atoms with Gasteiger partial charge >= 0.3 is 5.69 Å². The van der Waals surface area contributed by atoms with Crippen LogP contribution in [0.25, 0.3) is 0 Å². The van der Waals surface area contributed by atoms with Gasteiger partial charge in [0.05, 0.1) is 4.92 Å². The number of benzene rings is 1. The third kappa shape index (κ3) is 5.10. The Balaban J connectivity index is 1.88. The van der Waals surface area contributed by atoms with Crippen molar-refractivity contribution in [3.05, 3.63) is 46.3 Å². The summed E-state index contributed by atoms with van der Waals surface area (Å²) in [5.41, 5.74) is 0.733. The Bertz CT molecular complexity index is 940. The lowest BCUT2D eigenvalue weighted by molar-refractivity contribution is -0.383. The van der Waals surface area contributed by atoms with Gasteiger partial charge < -0.3 is 16.0 Å². The van der Waals surface area contributed by atoms with Crippen molar-refractivity contribution in [2.45, 2.75) is 64.6 Å². The van der Waals surface area contributed by atoms with Gasteiger partial charge in [0.2, 0.25) is 11.6 Å². The first kappa shape index (κ1) is 21.6. The molecule has 1 aromatic carbocycles. The topological polar surface area (TPSA) is 122 Å². The van der Waals surface area contributed by atoms with Crippen LogP contribution in [-0.4, -0.2) is 37.8 Å². The van der Waals surface area contributed by atoms with E-state index in [1.165, 1.54) is 13.3 Å². The third-order valence-electron chi connectivity index (χ3n) is 5.09. The van der Waals surface area contributed by atoms with Crippen molar-refractivity contribution >= 4 is 28.8 Å². The summed E-state index contributed by atoms with van der Waals surface area (Å²) in [4.78, 5) is 31.1. The largest absolute Gasteiger partial charge is 0.361 e. The molecule has 1 fully saturated rings. The molecular weight excluding hydrogens is 384 g/mol. The third-order valence-corrected chi connectivity index (χ3v) is 5.09. The van der Waals surface area contributed by atoms with E-state index in [0.717, 1.165) is 12.8 Å². The van der Waals surface area contributed by atoms with Crippen molar-refractivity contribution in [2.75, 3.05) is 10.6 Å². The molecule has 160 valence electrons. The fourth-order valence-corrected chi connectivity index (χ4v) is 4.29. The molecule has 3 N–H and O–H groups in total. The number of rotatable bonds is 6. The smallest absolute Gasteiger partial charge is 0.353 e. The minimum absolute atomic E-state index is 0.0209. The van der Waals surface area contributed by atoms with Crippen LogP contribution in [0.3, 0.4) is 0 Å². The molecule has 0 saturated carbocycles. The molecule has 0 amide bonds. The highest BCUT2D eigenvalue weighted by Crippen LogP contribution is 2.35. The summed E-state index contributed by atoms with van der Waals surface area (Å²) >= 11 is 0. The molecule has 2 heterocycles. The summed E-state index contributed by atoms with van der Waals surface area (Å²) in [5, 5.41) is 21.7. The Morgan fingerprint density at radius 1 is 1.10 bits per heavy atom. The zero-order chi connectivity index (χ0) is 22.1. The van der Waals surface area contributed by atoms with Crippen LogP contribution in [0.1, 0.15) is 57.8 Å². The highest BCUT2D eigenvalue weighted by atomic mass is 16.6. The minimum Gasteiger partial charge on any atom is -0.361 e. The van der Waals surface area contributed by atoms with E-state index >= 15 is 0 Å². The molecule has 0 radical (unpaired) electrons. The van der Waals surface area contributed by atoms with Crippen LogP contribution in [0.2, 0.25) is 0 Å². The summed E-state index contributed by atoms with van der Waals surface area (Å²) in [6, 6.07) is 6.72. The second-order valence-corrected chi connectivity index (χ2v) is 9.08. The molecule has 0 atom stereocenters. The zero-order valence-electron chi connectivity index (χ0n) is 17.9. The number of hydrogen-bond acceptors (Lipinski definition) is 8. The van der Waals surface area contributed by atoms with E-state index < -0.39 is 4.92 Å². The fraction of sp³-hybridized carbons (Fsp3) is 0.476. The van der Waals surface area contributed by atoms with Gasteiger partial charge in [-0.1, -0.05) is 0 Å². The van der Waals surface area contributed by atoms with Gasteiger partial charge in [0.1, 0.15) is 6.33 Å². The quantitative estimate of drug-likeness (QED) is 0.369. The van der Waals surface area contributed by atoms with E-state index in [4.69, 9.17) is 0 Å². The van der Waals surface area contributed by atoms with Crippen molar-refractivity contribution in [1.29, 1.82) is 0 Å². The lowest BCUT2D eigenvalue weighted by atomic mass is 9.79. The normalized spacial score (nSPS) is 17.9. The van der Waals surface area contributed by atoms with Gasteiger partial charge in [-0.25, -0.2) is 9.97 Å². The van der Waals surface area contributed by atoms with E-state index in [9.17, 15) is 14.9 Å². The monoisotopic (exact) mass is 412 g/mol. The van der Waals surface area contributed by atoms with Crippen LogP contribution >= 0.6 is 0 Å². The summed E-state index contributed by atoms with van der Waals surface area (Å²) in [6.07, 6.45) is 2.90. The average molecular weight is 412 g/mol. The lowest BCUT2D eigenvalue weighted by Crippen LogP contribution is -2.60. The summed E-state index contributed by atoms with van der Waals surface area (Å²) in [6.45, 7) is 9.96. The van der Waals surface area contributed by atoms with E-state index in [0.29, 0.717) is 11.3 Å². The second-order valence-electron chi connectivity index (χ2n) is 9.08. The molecule has 30 heavy (non-hydrogen) atoms. The Labute approximate surface area is 175 Å². The van der Waals surface area contributed by atoms with Gasteiger partial charge in [-0.15, -0.1) is 0 Å². The number of aromatic nitrogens is 2. The molecule has 0 spiro atoms. The van der Waals surface area contributed by atoms with Gasteiger partial charge in [0, 0.05) is 28.4 Å². The molecule has 9 nitrogen and oxygen atoms in total. The molecule has 1 aliphatic rings. The van der Waals surface area contributed by atoms with Gasteiger partial charge in [0.15, 0.2) is 5.78 Å². The van der Waals surface area contributed by atoms with Crippen molar-refractivity contribution < 1.29 is 9.72 Å². The van der Waals surface area contributed by atoms with Gasteiger partial charge in [-0.2, -0.15) is 0 Å². The molecular formula is C21H28N6O3. The average Bonchev–Trinajstić information content (AvgIpc) is 2.59. The first-order chi connectivity index (χ1) is 14.0. The summed E-state index contributed by atoms with van der Waals surface area (Å²) in [7, 11) is 0. The zero-order valence-corrected chi connectivity index (χ0v) is 17.9. The number of nitrogens with one attached hydrogen (secondary N) is 3. The molecule has 0 aliphatic carbocycles. The number of carbonyl (C=O) groups is 1. The number of ketones is 1. The molecule has 9 heteroatoms.